The van der Waals surface area contributed by atoms with E-state index in [0.29, 0.717) is 39.6 Å². The molecule has 0 bridgehead atoms. The molecule has 0 fully saturated rings. The van der Waals surface area contributed by atoms with Gasteiger partial charge in [0.15, 0.2) is 29.9 Å². The molecule has 2 heterocycles. The molecular formula is C42H60Cl2N4O8Si. The monoisotopic (exact) mass is 846 g/mol. The molecule has 0 saturated heterocycles. The van der Waals surface area contributed by atoms with Crippen LogP contribution < -0.4 is 20.6 Å². The van der Waals surface area contributed by atoms with E-state index in [1.807, 2.05) is 90.1 Å². The molecule has 1 N–H and O–H groups in total. The second kappa shape index (κ2) is 20.9. The molecule has 15 heteroatoms. The topological polar surface area (TPSA) is 136 Å². The summed E-state index contributed by atoms with van der Waals surface area (Å²) in [5, 5.41) is 17.3. The van der Waals surface area contributed by atoms with Gasteiger partial charge in [0, 0.05) is 0 Å². The van der Waals surface area contributed by atoms with E-state index in [9.17, 15) is 9.59 Å². The summed E-state index contributed by atoms with van der Waals surface area (Å²) in [6, 6.07) is 15.6. The Kier molecular flexibility index (Phi) is 17.5. The van der Waals surface area contributed by atoms with Crippen molar-refractivity contribution in [3.63, 3.8) is 0 Å². The minimum absolute atomic E-state index is 0.00864. The lowest BCUT2D eigenvalue weighted by Gasteiger charge is -2.36. The molecule has 0 atom stereocenters. The molecule has 0 saturated carbocycles. The number of halogens is 2. The number of rotatable bonds is 16. The van der Waals surface area contributed by atoms with Crippen LogP contribution in [0.15, 0.2) is 70.5 Å². The smallest absolute Gasteiger partial charge is 0.289 e. The number of aromatic nitrogens is 4. The van der Waals surface area contributed by atoms with Crippen LogP contribution in [0.1, 0.15) is 84.6 Å². The van der Waals surface area contributed by atoms with E-state index in [-0.39, 0.29) is 50.9 Å². The van der Waals surface area contributed by atoms with Crippen LogP contribution in [0, 0.1) is 0 Å². The van der Waals surface area contributed by atoms with Gasteiger partial charge in [-0.15, -0.1) is 0 Å². The zero-order valence-corrected chi connectivity index (χ0v) is 37.8. The van der Waals surface area contributed by atoms with Crippen LogP contribution in [0.5, 0.6) is 11.5 Å². The molecule has 2 aromatic carbocycles. The summed E-state index contributed by atoms with van der Waals surface area (Å²) in [6.07, 6.45) is 2.95. The Morgan fingerprint density at radius 2 is 0.947 bits per heavy atom. The lowest BCUT2D eigenvalue weighted by molar-refractivity contribution is 0.0815. The van der Waals surface area contributed by atoms with Crippen molar-refractivity contribution in [2.45, 2.75) is 118 Å². The highest BCUT2D eigenvalue weighted by molar-refractivity contribution is 6.74. The van der Waals surface area contributed by atoms with E-state index < -0.39 is 19.4 Å². The molecule has 2 aromatic heterocycles. The van der Waals surface area contributed by atoms with Gasteiger partial charge in [-0.25, -0.2) is 9.36 Å². The van der Waals surface area contributed by atoms with Gasteiger partial charge in [0.05, 0.1) is 63.1 Å². The van der Waals surface area contributed by atoms with Gasteiger partial charge in [0.25, 0.3) is 11.1 Å². The molecule has 314 valence electrons. The van der Waals surface area contributed by atoms with Gasteiger partial charge in [0.2, 0.25) is 0 Å². The van der Waals surface area contributed by atoms with Crippen LogP contribution in [0.25, 0.3) is 0 Å². The fourth-order valence-corrected chi connectivity index (χ4v) is 6.19. The van der Waals surface area contributed by atoms with Gasteiger partial charge in [-0.05, 0) is 81.9 Å². The normalized spacial score (nSPS) is 12.2. The number of aliphatic hydroxyl groups excluding tert-OH is 1. The largest absolute Gasteiger partial charge is 0.485 e. The lowest BCUT2D eigenvalue weighted by Crippen LogP contribution is -2.41. The van der Waals surface area contributed by atoms with Gasteiger partial charge in [-0.2, -0.15) is 10.2 Å². The first-order valence-electron chi connectivity index (χ1n) is 18.9. The third-order valence-corrected chi connectivity index (χ3v) is 14.4. The van der Waals surface area contributed by atoms with Gasteiger partial charge < -0.3 is 28.5 Å². The van der Waals surface area contributed by atoms with Crippen molar-refractivity contribution in [2.75, 3.05) is 26.4 Å². The summed E-state index contributed by atoms with van der Waals surface area (Å²) in [6.45, 7) is 25.6. The summed E-state index contributed by atoms with van der Waals surface area (Å²) in [5.74, 6) is 0.550. The SMILES string of the molecule is CC(C)(C)n1ncc(OCc2ccc(COCCO)cc2)c(Cl)c1=O.CC(C)(C)n1ncc(OCc2ccc(COCCO[Si](C)(C)C(C)(C)C)cc2)c(Cl)c1=O. The van der Waals surface area contributed by atoms with Crippen LogP contribution in [-0.2, 0) is 51.4 Å². The van der Waals surface area contributed by atoms with Crippen molar-refractivity contribution in [3.05, 3.63) is 114 Å². The first kappa shape index (κ1) is 47.8. The summed E-state index contributed by atoms with van der Waals surface area (Å²) in [7, 11) is -1.73. The van der Waals surface area contributed by atoms with Crippen LogP contribution in [0.2, 0.25) is 28.2 Å². The second-order valence-electron chi connectivity index (χ2n) is 17.1. The zero-order valence-electron chi connectivity index (χ0n) is 35.3. The summed E-state index contributed by atoms with van der Waals surface area (Å²) in [4.78, 5) is 24.7. The Morgan fingerprint density at radius 3 is 1.28 bits per heavy atom. The standard InChI is InChI=1S/C24H37ClN2O4Si.C18H23ClN2O4/c1-23(2,3)27-22(28)21(25)20(15-26-27)30-17-19-11-9-18(10-12-19)16-29-13-14-31-32(7,8)24(4,5)6;1-18(2,3)21-17(23)16(19)15(10-20-21)25-12-14-6-4-13(5-7-14)11-24-9-8-22/h9-12,15H,13-14,16-17H2,1-8H3;4-7,10,22H,8-9,11-12H2,1-3H3. The fraction of sp³-hybridized carbons (Fsp3) is 0.524. The third-order valence-electron chi connectivity index (χ3n) is 9.15. The third kappa shape index (κ3) is 14.6. The highest BCUT2D eigenvalue weighted by Gasteiger charge is 2.36. The highest BCUT2D eigenvalue weighted by Crippen LogP contribution is 2.36. The van der Waals surface area contributed by atoms with E-state index in [1.54, 1.807) is 0 Å². The highest BCUT2D eigenvalue weighted by atomic mass is 35.5. The molecule has 0 aliphatic heterocycles. The summed E-state index contributed by atoms with van der Waals surface area (Å²) in [5.41, 5.74) is 2.34. The van der Waals surface area contributed by atoms with E-state index in [0.717, 1.165) is 22.3 Å². The maximum Gasteiger partial charge on any atom is 0.289 e. The average molecular weight is 848 g/mol. The summed E-state index contributed by atoms with van der Waals surface area (Å²) < 4.78 is 31.2. The Balaban J connectivity index is 0.000000315. The second-order valence-corrected chi connectivity index (χ2v) is 22.6. The van der Waals surface area contributed by atoms with Crippen molar-refractivity contribution in [1.82, 2.24) is 19.6 Å². The van der Waals surface area contributed by atoms with Crippen molar-refractivity contribution < 1.29 is 28.5 Å². The van der Waals surface area contributed by atoms with E-state index in [2.05, 4.69) is 44.1 Å². The van der Waals surface area contributed by atoms with Crippen LogP contribution >= 0.6 is 23.2 Å². The number of nitrogens with zero attached hydrogens (tertiary/aromatic N) is 4. The molecule has 4 rings (SSSR count). The number of benzene rings is 2. The molecule has 0 spiro atoms. The van der Waals surface area contributed by atoms with Crippen LogP contribution in [0.4, 0.5) is 0 Å². The van der Waals surface area contributed by atoms with Crippen LogP contribution in [0.3, 0.4) is 0 Å². The number of ether oxygens (including phenoxy) is 4. The maximum absolute atomic E-state index is 12.4. The summed E-state index contributed by atoms with van der Waals surface area (Å²) >= 11 is 12.3. The van der Waals surface area contributed by atoms with E-state index in [1.165, 1.54) is 21.8 Å². The molecule has 0 radical (unpaired) electrons. The quantitative estimate of drug-likeness (QED) is 0.0864. The van der Waals surface area contributed by atoms with Crippen molar-refractivity contribution in [2.24, 2.45) is 0 Å². The van der Waals surface area contributed by atoms with Crippen molar-refractivity contribution in [3.8, 4) is 11.5 Å². The number of aliphatic hydroxyl groups is 1. The van der Waals surface area contributed by atoms with E-state index >= 15 is 0 Å². The zero-order chi connectivity index (χ0) is 42.6. The Labute approximate surface area is 348 Å². The maximum atomic E-state index is 12.4. The first-order valence-corrected chi connectivity index (χ1v) is 22.6. The predicted octanol–water partition coefficient (Wildman–Crippen LogP) is 8.51. The van der Waals surface area contributed by atoms with Gasteiger partial charge in [-0.3, -0.25) is 9.59 Å². The van der Waals surface area contributed by atoms with E-state index in [4.69, 9.17) is 51.7 Å². The Morgan fingerprint density at radius 1 is 0.596 bits per heavy atom. The van der Waals surface area contributed by atoms with Crippen molar-refractivity contribution >= 4 is 31.5 Å². The molecule has 0 aliphatic carbocycles. The minimum Gasteiger partial charge on any atom is -0.485 e. The molecule has 0 amide bonds. The van der Waals surface area contributed by atoms with Crippen LogP contribution in [-0.4, -0.2) is 59.4 Å². The lowest BCUT2D eigenvalue weighted by atomic mass is 10.1. The minimum atomic E-state index is -1.73. The average Bonchev–Trinajstić information content (AvgIpc) is 3.12. The molecule has 0 aliphatic rings. The van der Waals surface area contributed by atoms with Gasteiger partial charge in [0.1, 0.15) is 13.2 Å². The van der Waals surface area contributed by atoms with Gasteiger partial charge in [-0.1, -0.05) is 92.5 Å². The Bertz CT molecular complexity index is 1980. The molecule has 0 unspecified atom stereocenters. The molecule has 57 heavy (non-hydrogen) atoms. The van der Waals surface area contributed by atoms with Gasteiger partial charge >= 0.3 is 0 Å². The molecule has 12 nitrogen and oxygen atoms in total. The number of hydrogen-bond acceptors (Lipinski definition) is 10. The Hall–Kier alpha value is -3.56. The molecule has 4 aromatic rings. The fourth-order valence-electron chi connectivity index (χ4n) is 4.79. The first-order chi connectivity index (χ1) is 26.5. The predicted molar refractivity (Wildman–Crippen MR) is 228 cm³/mol. The molecular weight excluding hydrogens is 787 g/mol. The number of hydrogen-bond donors (Lipinski definition) is 1. The van der Waals surface area contributed by atoms with Crippen molar-refractivity contribution in [1.29, 1.82) is 0 Å².